The lowest BCUT2D eigenvalue weighted by molar-refractivity contribution is -0.146. The molecule has 0 aliphatic carbocycles. The summed E-state index contributed by atoms with van der Waals surface area (Å²) in [6.45, 7) is 14.3. The number of carbonyl (C=O) groups is 3. The van der Waals surface area contributed by atoms with E-state index in [4.69, 9.17) is 4.74 Å². The van der Waals surface area contributed by atoms with Gasteiger partial charge in [0.25, 0.3) is 0 Å². The maximum atomic E-state index is 12.5. The van der Waals surface area contributed by atoms with Crippen LogP contribution in [-0.4, -0.2) is 65.7 Å². The first-order chi connectivity index (χ1) is 15.2. The Kier molecular flexibility index (Phi) is 12.0. The zero-order chi connectivity index (χ0) is 24.2. The first-order valence-corrected chi connectivity index (χ1v) is 12.3. The van der Waals surface area contributed by atoms with E-state index in [-0.39, 0.29) is 23.9 Å². The van der Waals surface area contributed by atoms with E-state index in [9.17, 15) is 19.5 Å². The summed E-state index contributed by atoms with van der Waals surface area (Å²) in [6, 6.07) is -0.154. The molecule has 0 aromatic heterocycles. The Balaban J connectivity index is 2.34. The quantitative estimate of drug-likeness (QED) is 0.178. The van der Waals surface area contributed by atoms with E-state index in [0.29, 0.717) is 39.1 Å². The molecule has 32 heavy (non-hydrogen) atoms. The molecule has 1 unspecified atom stereocenters. The molecule has 1 atom stereocenters. The molecule has 1 aliphatic heterocycles. The smallest absolute Gasteiger partial charge is 0.327 e. The van der Waals surface area contributed by atoms with Crippen LogP contribution in [0.3, 0.4) is 0 Å². The zero-order valence-corrected chi connectivity index (χ0v) is 20.7. The van der Waals surface area contributed by atoms with Gasteiger partial charge in [0.15, 0.2) is 0 Å². The van der Waals surface area contributed by atoms with Gasteiger partial charge >= 0.3 is 12.0 Å². The third kappa shape index (κ3) is 7.32. The van der Waals surface area contributed by atoms with Crippen molar-refractivity contribution in [2.75, 3.05) is 32.8 Å². The topological polar surface area (TPSA) is 87.2 Å². The van der Waals surface area contributed by atoms with E-state index < -0.39 is 11.4 Å². The maximum absolute atomic E-state index is 12.5. The van der Waals surface area contributed by atoms with Gasteiger partial charge in [0.2, 0.25) is 5.91 Å². The number of imide groups is 1. The van der Waals surface area contributed by atoms with Gasteiger partial charge in [-0.15, -0.1) is 6.58 Å². The normalized spacial score (nSPS) is 16.5. The van der Waals surface area contributed by atoms with E-state index in [0.717, 1.165) is 44.9 Å². The van der Waals surface area contributed by atoms with Crippen LogP contribution >= 0.6 is 0 Å². The van der Waals surface area contributed by atoms with Gasteiger partial charge < -0.3 is 14.7 Å². The molecule has 1 aliphatic rings. The molecule has 7 nitrogen and oxygen atoms in total. The molecule has 0 aromatic carbocycles. The maximum Gasteiger partial charge on any atom is 0.327 e. The molecule has 1 fully saturated rings. The van der Waals surface area contributed by atoms with Gasteiger partial charge in [0.05, 0.1) is 5.41 Å². The van der Waals surface area contributed by atoms with Crippen molar-refractivity contribution in [1.82, 2.24) is 9.80 Å². The van der Waals surface area contributed by atoms with Crippen LogP contribution < -0.4 is 0 Å². The summed E-state index contributed by atoms with van der Waals surface area (Å²) < 4.78 is 5.76. The Labute approximate surface area is 194 Å². The highest BCUT2D eigenvalue weighted by Crippen LogP contribution is 2.35. The zero-order valence-electron chi connectivity index (χ0n) is 20.7. The summed E-state index contributed by atoms with van der Waals surface area (Å²) >= 11 is 0. The fourth-order valence-electron chi connectivity index (χ4n) is 4.46. The number of carbonyl (C=O) groups excluding carboxylic acids is 2. The molecule has 0 aromatic rings. The Morgan fingerprint density at radius 2 is 1.62 bits per heavy atom. The highest BCUT2D eigenvalue weighted by molar-refractivity contribution is 6.02. The Bertz CT molecular complexity index is 632. The molecule has 184 valence electrons. The number of hydrogen-bond donors (Lipinski definition) is 1. The Morgan fingerprint density at radius 3 is 2.06 bits per heavy atom. The minimum atomic E-state index is -0.824. The molecule has 1 rings (SSSR count). The molecule has 0 spiro atoms. The van der Waals surface area contributed by atoms with Crippen molar-refractivity contribution in [2.45, 2.75) is 85.5 Å². The lowest BCUT2D eigenvalue weighted by Crippen LogP contribution is -2.41. The lowest BCUT2D eigenvalue weighted by Gasteiger charge is -2.35. The number of carboxylic acid groups (broad SMARTS) is 1. The molecule has 1 heterocycles. The fourth-order valence-corrected chi connectivity index (χ4v) is 4.46. The van der Waals surface area contributed by atoms with Gasteiger partial charge in [-0.2, -0.15) is 0 Å². The Hall–Kier alpha value is -1.89. The number of aliphatic carboxylic acids is 1. The number of unbranched alkanes of at least 4 members (excludes halogenated alkanes) is 2. The van der Waals surface area contributed by atoms with Crippen LogP contribution in [0.5, 0.6) is 0 Å². The summed E-state index contributed by atoms with van der Waals surface area (Å²) in [7, 11) is 0. The number of urea groups is 1. The van der Waals surface area contributed by atoms with Crippen molar-refractivity contribution in [1.29, 1.82) is 0 Å². The number of rotatable bonds is 18. The monoisotopic (exact) mass is 452 g/mol. The number of ether oxygens (including phenoxy) is 1. The number of likely N-dealkylation sites (N-methyl/N-ethyl adjacent to an activating group) is 1. The summed E-state index contributed by atoms with van der Waals surface area (Å²) in [5.41, 5.74) is -0.865. The standard InChI is InChI=1S/C25H44N2O5/c1-6-24(7-2,20-27-21(28)19-26(10-5)23(27)31)15-11-13-17-32-18-14-12-16-25(8-3,9-4)22(29)30/h8H,3,6-7,9-20H2,1-2,4-5H3,(H,29,30). The molecule has 0 bridgehead atoms. The number of hydrogen-bond acceptors (Lipinski definition) is 4. The molecule has 1 saturated heterocycles. The fraction of sp³-hybridized carbons (Fsp3) is 0.800. The summed E-state index contributed by atoms with van der Waals surface area (Å²) in [6.07, 6.45) is 9.08. The van der Waals surface area contributed by atoms with Crippen molar-refractivity contribution < 1.29 is 24.2 Å². The minimum Gasteiger partial charge on any atom is -0.481 e. The Morgan fingerprint density at radius 1 is 1.03 bits per heavy atom. The number of amides is 3. The van der Waals surface area contributed by atoms with Crippen LogP contribution in [-0.2, 0) is 14.3 Å². The molecule has 0 saturated carbocycles. The molecule has 3 amide bonds. The van der Waals surface area contributed by atoms with Crippen LogP contribution in [0.25, 0.3) is 0 Å². The van der Waals surface area contributed by atoms with Gasteiger partial charge in [-0.05, 0) is 63.7 Å². The predicted octanol–water partition coefficient (Wildman–Crippen LogP) is 5.10. The highest BCUT2D eigenvalue weighted by atomic mass is 16.5. The first-order valence-electron chi connectivity index (χ1n) is 12.3. The van der Waals surface area contributed by atoms with Crippen LogP contribution in [0.15, 0.2) is 12.7 Å². The van der Waals surface area contributed by atoms with Crippen molar-refractivity contribution in [3.05, 3.63) is 12.7 Å². The summed E-state index contributed by atoms with van der Waals surface area (Å²) in [5.74, 6) is -0.885. The minimum absolute atomic E-state index is 0.0416. The second kappa shape index (κ2) is 13.6. The van der Waals surface area contributed by atoms with E-state index >= 15 is 0 Å². The molecule has 0 radical (unpaired) electrons. The molecular weight excluding hydrogens is 408 g/mol. The van der Waals surface area contributed by atoms with Crippen molar-refractivity contribution >= 4 is 17.9 Å². The average molecular weight is 453 g/mol. The van der Waals surface area contributed by atoms with E-state index in [1.807, 2.05) is 13.8 Å². The third-order valence-corrected chi connectivity index (χ3v) is 7.36. The van der Waals surface area contributed by atoms with Crippen molar-refractivity contribution in [3.8, 4) is 0 Å². The predicted molar refractivity (Wildman–Crippen MR) is 126 cm³/mol. The SMILES string of the molecule is C=CC(CC)(CCCCOCCCCC(CC)(CC)CN1C(=O)CN(CC)C1=O)C(=O)O. The van der Waals surface area contributed by atoms with Crippen LogP contribution in [0, 0.1) is 10.8 Å². The lowest BCUT2D eigenvalue weighted by atomic mass is 9.77. The van der Waals surface area contributed by atoms with E-state index in [1.165, 1.54) is 4.90 Å². The first kappa shape index (κ1) is 28.1. The molecular formula is C25H44N2O5. The average Bonchev–Trinajstić information content (AvgIpc) is 3.06. The van der Waals surface area contributed by atoms with Gasteiger partial charge in [-0.1, -0.05) is 33.3 Å². The highest BCUT2D eigenvalue weighted by Gasteiger charge is 2.40. The number of nitrogens with zero attached hydrogens (tertiary/aromatic N) is 2. The van der Waals surface area contributed by atoms with Gasteiger partial charge in [-0.25, -0.2) is 4.79 Å². The second-order valence-corrected chi connectivity index (χ2v) is 9.03. The van der Waals surface area contributed by atoms with Gasteiger partial charge in [-0.3, -0.25) is 14.5 Å². The van der Waals surface area contributed by atoms with Gasteiger partial charge in [0.1, 0.15) is 6.54 Å². The van der Waals surface area contributed by atoms with Crippen LogP contribution in [0.4, 0.5) is 4.79 Å². The number of carboxylic acids is 1. The molecule has 7 heteroatoms. The third-order valence-electron chi connectivity index (χ3n) is 7.36. The van der Waals surface area contributed by atoms with E-state index in [2.05, 4.69) is 20.4 Å². The van der Waals surface area contributed by atoms with Crippen molar-refractivity contribution in [2.24, 2.45) is 10.8 Å². The van der Waals surface area contributed by atoms with E-state index in [1.54, 1.807) is 11.0 Å². The molecule has 1 N–H and O–H groups in total. The van der Waals surface area contributed by atoms with Crippen molar-refractivity contribution in [3.63, 3.8) is 0 Å². The van der Waals surface area contributed by atoms with Crippen LogP contribution in [0.2, 0.25) is 0 Å². The summed E-state index contributed by atoms with van der Waals surface area (Å²) in [4.78, 5) is 39.3. The summed E-state index contributed by atoms with van der Waals surface area (Å²) in [5, 5.41) is 9.43. The van der Waals surface area contributed by atoms with Crippen LogP contribution in [0.1, 0.15) is 85.5 Å². The van der Waals surface area contributed by atoms with Gasteiger partial charge in [0, 0.05) is 26.3 Å². The second-order valence-electron chi connectivity index (χ2n) is 9.03. The largest absolute Gasteiger partial charge is 0.481 e.